The average molecular weight is 459 g/mol. The van der Waals surface area contributed by atoms with Gasteiger partial charge in [-0.1, -0.05) is 5.16 Å². The molecular weight excluding hydrogens is 436 g/mol. The molecule has 2 aromatic heterocycles. The first-order valence-electron chi connectivity index (χ1n) is 10.2. The highest BCUT2D eigenvalue weighted by atomic mass is 32.2. The second-order valence-electron chi connectivity index (χ2n) is 7.88. The Morgan fingerprint density at radius 2 is 1.84 bits per heavy atom. The van der Waals surface area contributed by atoms with E-state index in [0.29, 0.717) is 59.1 Å². The summed E-state index contributed by atoms with van der Waals surface area (Å²) < 4.78 is 33.4. The molecule has 5 rings (SSSR count). The maximum atomic E-state index is 13.1. The van der Waals surface area contributed by atoms with Gasteiger partial charge in [0.25, 0.3) is 10.0 Å². The van der Waals surface area contributed by atoms with E-state index in [9.17, 15) is 13.2 Å². The first-order valence-corrected chi connectivity index (χ1v) is 12.5. The third kappa shape index (κ3) is 4.02. The number of anilines is 1. The van der Waals surface area contributed by atoms with Crippen LogP contribution in [0.4, 0.5) is 5.69 Å². The number of nitrogens with zero attached hydrogens (tertiary/aromatic N) is 4. The zero-order valence-electron chi connectivity index (χ0n) is 17.0. The van der Waals surface area contributed by atoms with Crippen LogP contribution in [0.2, 0.25) is 0 Å². The number of carbonyl (C=O) groups excluding carboxylic acids is 1. The molecule has 1 aliphatic carbocycles. The predicted octanol–water partition coefficient (Wildman–Crippen LogP) is 3.39. The smallest absolute Gasteiger partial charge is 0.252 e. The zero-order chi connectivity index (χ0) is 21.6. The van der Waals surface area contributed by atoms with Gasteiger partial charge in [0.2, 0.25) is 11.7 Å². The lowest BCUT2D eigenvalue weighted by Gasteiger charge is -2.35. The molecule has 3 aromatic rings. The lowest BCUT2D eigenvalue weighted by Crippen LogP contribution is -2.48. The molecule has 8 nitrogen and oxygen atoms in total. The highest BCUT2D eigenvalue weighted by molar-refractivity contribution is 7.91. The van der Waals surface area contributed by atoms with Gasteiger partial charge in [0.1, 0.15) is 4.21 Å². The van der Waals surface area contributed by atoms with Crippen molar-refractivity contribution in [3.8, 4) is 11.4 Å². The normalized spacial score (nSPS) is 17.8. The van der Waals surface area contributed by atoms with E-state index < -0.39 is 10.0 Å². The monoisotopic (exact) mass is 458 g/mol. The van der Waals surface area contributed by atoms with Gasteiger partial charge in [0.15, 0.2) is 5.78 Å². The SMILES string of the molecule is CC(=O)c1ccc(N2CCN(S(=O)(=O)c3cc(-c4noc(C5CC5)n4)cs3)CC2)cc1. The molecule has 0 N–H and O–H groups in total. The quantitative estimate of drug-likeness (QED) is 0.522. The summed E-state index contributed by atoms with van der Waals surface area (Å²) >= 11 is 1.18. The number of hydrogen-bond donors (Lipinski definition) is 0. The van der Waals surface area contributed by atoms with Crippen molar-refractivity contribution >= 4 is 32.8 Å². The second kappa shape index (κ2) is 7.85. The third-order valence-corrected chi connectivity index (χ3v) is 8.99. The van der Waals surface area contributed by atoms with Gasteiger partial charge in [-0.25, -0.2) is 8.42 Å². The van der Waals surface area contributed by atoms with Gasteiger partial charge >= 0.3 is 0 Å². The summed E-state index contributed by atoms with van der Waals surface area (Å²) in [7, 11) is -3.58. The van der Waals surface area contributed by atoms with Crippen LogP contribution >= 0.6 is 11.3 Å². The van der Waals surface area contributed by atoms with Crippen LogP contribution in [0.5, 0.6) is 0 Å². The molecule has 0 radical (unpaired) electrons. The van der Waals surface area contributed by atoms with E-state index in [1.54, 1.807) is 30.5 Å². The fourth-order valence-corrected chi connectivity index (χ4v) is 6.37. The molecule has 0 amide bonds. The number of Topliss-reactive ketones (excluding diaryl/α,β-unsaturated/α-hetero) is 1. The summed E-state index contributed by atoms with van der Waals surface area (Å²) in [6.07, 6.45) is 2.13. The van der Waals surface area contributed by atoms with Crippen molar-refractivity contribution in [3.05, 3.63) is 47.2 Å². The molecule has 2 fully saturated rings. The number of thiophene rings is 1. The lowest BCUT2D eigenvalue weighted by molar-refractivity contribution is 0.101. The largest absolute Gasteiger partial charge is 0.369 e. The molecular formula is C21H22N4O4S2. The fraction of sp³-hybridized carbons (Fsp3) is 0.381. The number of rotatable bonds is 6. The molecule has 0 unspecified atom stereocenters. The van der Waals surface area contributed by atoms with Crippen LogP contribution in [0, 0.1) is 0 Å². The van der Waals surface area contributed by atoms with Gasteiger partial charge in [-0.15, -0.1) is 11.3 Å². The first-order chi connectivity index (χ1) is 14.9. The molecule has 1 saturated carbocycles. The summed E-state index contributed by atoms with van der Waals surface area (Å²) in [5.74, 6) is 1.47. The van der Waals surface area contributed by atoms with E-state index in [1.807, 2.05) is 12.1 Å². The molecule has 1 aromatic carbocycles. The van der Waals surface area contributed by atoms with Crippen LogP contribution < -0.4 is 4.90 Å². The molecule has 10 heteroatoms. The van der Waals surface area contributed by atoms with Crippen LogP contribution in [-0.2, 0) is 10.0 Å². The van der Waals surface area contributed by atoms with E-state index in [4.69, 9.17) is 4.52 Å². The zero-order valence-corrected chi connectivity index (χ0v) is 18.7. The van der Waals surface area contributed by atoms with E-state index in [0.717, 1.165) is 18.5 Å². The highest BCUT2D eigenvalue weighted by Gasteiger charge is 2.32. The highest BCUT2D eigenvalue weighted by Crippen LogP contribution is 2.40. The van der Waals surface area contributed by atoms with Crippen molar-refractivity contribution in [1.29, 1.82) is 0 Å². The summed E-state index contributed by atoms with van der Waals surface area (Å²) in [5, 5.41) is 5.77. The Morgan fingerprint density at radius 3 is 2.48 bits per heavy atom. The Labute approximate surface area is 184 Å². The van der Waals surface area contributed by atoms with Crippen molar-refractivity contribution < 1.29 is 17.7 Å². The van der Waals surface area contributed by atoms with E-state index in [1.165, 1.54) is 15.6 Å². The Balaban J connectivity index is 1.26. The summed E-state index contributed by atoms with van der Waals surface area (Å²) in [6, 6.07) is 9.07. The van der Waals surface area contributed by atoms with Gasteiger partial charge in [0, 0.05) is 54.3 Å². The predicted molar refractivity (Wildman–Crippen MR) is 117 cm³/mol. The molecule has 3 heterocycles. The molecule has 0 spiro atoms. The van der Waals surface area contributed by atoms with Gasteiger partial charge in [-0.05, 0) is 50.1 Å². The number of sulfonamides is 1. The summed E-state index contributed by atoms with van der Waals surface area (Å²) in [6.45, 7) is 3.52. The number of carbonyl (C=O) groups is 1. The number of hydrogen-bond acceptors (Lipinski definition) is 8. The maximum Gasteiger partial charge on any atom is 0.252 e. The standard InChI is InChI=1S/C21H22N4O4S2/c1-14(26)15-4-6-18(7-5-15)24-8-10-25(11-9-24)31(27,28)19-12-17(13-30-19)20-22-21(29-23-20)16-2-3-16/h4-7,12-13,16H,2-3,8-11H2,1H3. The van der Waals surface area contributed by atoms with E-state index >= 15 is 0 Å². The molecule has 1 aliphatic heterocycles. The van der Waals surface area contributed by atoms with Gasteiger partial charge in [-0.2, -0.15) is 9.29 Å². The number of benzene rings is 1. The van der Waals surface area contributed by atoms with Crippen LogP contribution in [0.15, 0.2) is 44.4 Å². The average Bonchev–Trinajstić information content (AvgIpc) is 3.29. The Hall–Kier alpha value is -2.56. The van der Waals surface area contributed by atoms with Crippen LogP contribution in [-0.4, -0.2) is 54.8 Å². The maximum absolute atomic E-state index is 13.1. The molecule has 0 atom stereocenters. The summed E-state index contributed by atoms with van der Waals surface area (Å²) in [4.78, 5) is 18.0. The van der Waals surface area contributed by atoms with Gasteiger partial charge in [0.05, 0.1) is 0 Å². The Morgan fingerprint density at radius 1 is 1.13 bits per heavy atom. The molecule has 2 aliphatic rings. The number of ketones is 1. The number of aromatic nitrogens is 2. The molecule has 162 valence electrons. The van der Waals surface area contributed by atoms with E-state index in [-0.39, 0.29) is 5.78 Å². The fourth-order valence-electron chi connectivity index (χ4n) is 3.64. The Kier molecular flexibility index (Phi) is 5.15. The third-order valence-electron chi connectivity index (χ3n) is 5.67. The van der Waals surface area contributed by atoms with Gasteiger partial charge < -0.3 is 9.42 Å². The minimum absolute atomic E-state index is 0.0300. The first kappa shape index (κ1) is 20.3. The second-order valence-corrected chi connectivity index (χ2v) is 11.0. The van der Waals surface area contributed by atoms with Crippen LogP contribution in [0.3, 0.4) is 0 Å². The van der Waals surface area contributed by atoms with Crippen molar-refractivity contribution in [2.45, 2.75) is 29.9 Å². The summed E-state index contributed by atoms with van der Waals surface area (Å²) in [5.41, 5.74) is 2.33. The van der Waals surface area contributed by atoms with E-state index in [2.05, 4.69) is 15.0 Å². The topological polar surface area (TPSA) is 96.6 Å². The lowest BCUT2D eigenvalue weighted by atomic mass is 10.1. The minimum Gasteiger partial charge on any atom is -0.369 e. The van der Waals surface area contributed by atoms with Gasteiger partial charge in [-0.3, -0.25) is 4.79 Å². The van der Waals surface area contributed by atoms with Crippen LogP contribution in [0.1, 0.15) is 41.9 Å². The molecule has 0 bridgehead atoms. The number of piperazine rings is 1. The van der Waals surface area contributed by atoms with Crippen molar-refractivity contribution in [2.75, 3.05) is 31.1 Å². The molecule has 31 heavy (non-hydrogen) atoms. The van der Waals surface area contributed by atoms with Crippen molar-refractivity contribution in [3.63, 3.8) is 0 Å². The minimum atomic E-state index is -3.58. The van der Waals surface area contributed by atoms with Crippen molar-refractivity contribution in [1.82, 2.24) is 14.4 Å². The van der Waals surface area contributed by atoms with Crippen LogP contribution in [0.25, 0.3) is 11.4 Å². The van der Waals surface area contributed by atoms with Crippen molar-refractivity contribution in [2.24, 2.45) is 0 Å². The molecule has 1 saturated heterocycles. The Bertz CT molecular complexity index is 1200.